The maximum atomic E-state index is 14.1. The van der Waals surface area contributed by atoms with Crippen molar-refractivity contribution in [3.63, 3.8) is 0 Å². The highest BCUT2D eigenvalue weighted by molar-refractivity contribution is 5.85. The Morgan fingerprint density at radius 2 is 1.47 bits per heavy atom. The molecular formula is C32H37F9N8O2. The van der Waals surface area contributed by atoms with Crippen LogP contribution in [0.2, 0.25) is 0 Å². The molecular weight excluding hydrogens is 699 g/mol. The Kier molecular flexibility index (Phi) is 10.9. The molecule has 0 radical (unpaired) electrons. The van der Waals surface area contributed by atoms with Gasteiger partial charge in [-0.15, -0.1) is 5.10 Å². The summed E-state index contributed by atoms with van der Waals surface area (Å²) in [5.41, 5.74) is 1.06. The summed E-state index contributed by atoms with van der Waals surface area (Å²) in [5, 5.41) is 11.7. The fourth-order valence-corrected chi connectivity index (χ4v) is 6.97. The Balaban J connectivity index is 1.52. The smallest absolute Gasteiger partial charge is 0.379 e. The summed E-state index contributed by atoms with van der Waals surface area (Å²) in [6.07, 6.45) is -13.8. The van der Waals surface area contributed by atoms with Gasteiger partial charge in [0.2, 0.25) is 5.91 Å². The zero-order chi connectivity index (χ0) is 37.4. The molecule has 0 aliphatic carbocycles. The number of likely N-dealkylation sites (tertiary alicyclic amines) is 1. The minimum absolute atomic E-state index is 0.00421. The number of halogens is 9. The molecule has 5 rings (SSSR count). The Morgan fingerprint density at radius 1 is 0.882 bits per heavy atom. The third kappa shape index (κ3) is 8.57. The lowest BCUT2D eigenvalue weighted by atomic mass is 9.83. The number of aryl methyl sites for hydroxylation is 1. The molecule has 280 valence electrons. The van der Waals surface area contributed by atoms with E-state index < -0.39 is 71.4 Å². The van der Waals surface area contributed by atoms with Crippen molar-refractivity contribution >= 4 is 11.9 Å². The number of ether oxygens (including phenoxy) is 1. The zero-order valence-corrected chi connectivity index (χ0v) is 27.7. The van der Waals surface area contributed by atoms with Crippen LogP contribution in [0.4, 0.5) is 45.5 Å². The summed E-state index contributed by atoms with van der Waals surface area (Å²) in [4.78, 5) is 19.0. The molecule has 2 aliphatic rings. The molecule has 3 heterocycles. The number of primary amides is 1. The molecule has 1 aromatic heterocycles. The van der Waals surface area contributed by atoms with E-state index in [1.54, 1.807) is 0 Å². The van der Waals surface area contributed by atoms with E-state index in [0.717, 1.165) is 16.9 Å². The predicted octanol–water partition coefficient (Wildman–Crippen LogP) is 5.58. The number of carbonyl (C=O) groups excluding carboxylic acids is 1. The number of anilines is 1. The molecule has 3 aromatic rings. The minimum atomic E-state index is -5.11. The van der Waals surface area contributed by atoms with Crippen molar-refractivity contribution in [3.05, 3.63) is 69.8 Å². The number of aromatic nitrogens is 4. The lowest BCUT2D eigenvalue weighted by Gasteiger charge is -2.49. The summed E-state index contributed by atoms with van der Waals surface area (Å²) in [6.45, 7) is 3.46. The average Bonchev–Trinajstić information content (AvgIpc) is 3.50. The number of nitrogens with two attached hydrogens (primary N) is 1. The molecule has 1 amide bonds. The van der Waals surface area contributed by atoms with E-state index in [0.29, 0.717) is 76.4 Å². The Bertz CT molecular complexity index is 1650. The number of nitrogens with zero attached hydrogens (tertiary/aromatic N) is 7. The van der Waals surface area contributed by atoms with Crippen molar-refractivity contribution in [1.82, 2.24) is 30.0 Å². The topological polar surface area (TPSA) is 106 Å². The van der Waals surface area contributed by atoms with Crippen LogP contribution >= 0.6 is 0 Å². The first-order valence-corrected chi connectivity index (χ1v) is 16.2. The quantitative estimate of drug-likeness (QED) is 0.270. The van der Waals surface area contributed by atoms with E-state index >= 15 is 0 Å². The van der Waals surface area contributed by atoms with Crippen molar-refractivity contribution in [1.29, 1.82) is 0 Å². The van der Waals surface area contributed by atoms with Crippen LogP contribution in [0.5, 0.6) is 0 Å². The number of alkyl halides is 9. The first kappa shape index (κ1) is 38.3. The van der Waals surface area contributed by atoms with Crippen LogP contribution in [0.3, 0.4) is 0 Å². The van der Waals surface area contributed by atoms with Gasteiger partial charge in [-0.25, -0.2) is 0 Å². The Hall–Kier alpha value is -3.97. The fourth-order valence-electron chi connectivity index (χ4n) is 6.97. The van der Waals surface area contributed by atoms with Gasteiger partial charge in [0.05, 0.1) is 37.0 Å². The van der Waals surface area contributed by atoms with Crippen molar-refractivity contribution in [2.45, 2.75) is 69.4 Å². The SMILES string of the molecule is CCC(c1ccc(C(F)(F)F)cc1CN(Cc1cc(C(F)(F)F)cc(C(F)(F)F)c1)c1nnn(C)n1)N1CCC(C(N)=O)(N2CCOCC2)CC1. The number of morpholine rings is 1. The summed E-state index contributed by atoms with van der Waals surface area (Å²) in [5.74, 6) is -0.697. The molecule has 0 bridgehead atoms. The van der Waals surface area contributed by atoms with Crippen molar-refractivity contribution < 1.29 is 49.0 Å². The molecule has 10 nitrogen and oxygen atoms in total. The molecule has 1 unspecified atom stereocenters. The van der Waals surface area contributed by atoms with Gasteiger partial charge in [-0.1, -0.05) is 18.1 Å². The van der Waals surface area contributed by atoms with Gasteiger partial charge in [-0.2, -0.15) is 44.3 Å². The average molecular weight is 737 g/mol. The van der Waals surface area contributed by atoms with E-state index in [-0.39, 0.29) is 17.6 Å². The number of benzene rings is 2. The number of piperidine rings is 1. The van der Waals surface area contributed by atoms with Gasteiger partial charge in [0, 0.05) is 45.3 Å². The minimum Gasteiger partial charge on any atom is -0.379 e. The van der Waals surface area contributed by atoms with E-state index in [4.69, 9.17) is 10.5 Å². The summed E-state index contributed by atoms with van der Waals surface area (Å²) >= 11 is 0. The number of carbonyl (C=O) groups is 1. The molecule has 51 heavy (non-hydrogen) atoms. The number of hydrogen-bond donors (Lipinski definition) is 1. The third-order valence-corrected chi connectivity index (χ3v) is 9.52. The highest BCUT2D eigenvalue weighted by Gasteiger charge is 2.46. The number of hydrogen-bond acceptors (Lipinski definition) is 8. The van der Waals surface area contributed by atoms with Gasteiger partial charge in [0.15, 0.2) is 0 Å². The van der Waals surface area contributed by atoms with Gasteiger partial charge >= 0.3 is 18.5 Å². The van der Waals surface area contributed by atoms with Crippen LogP contribution in [0.15, 0.2) is 36.4 Å². The molecule has 1 atom stereocenters. The van der Waals surface area contributed by atoms with Gasteiger partial charge in [-0.3, -0.25) is 14.6 Å². The van der Waals surface area contributed by atoms with E-state index in [1.807, 2.05) is 16.7 Å². The number of rotatable bonds is 10. The highest BCUT2D eigenvalue weighted by Crippen LogP contribution is 2.40. The molecule has 19 heteroatoms. The molecule has 2 fully saturated rings. The number of tetrazole rings is 1. The molecule has 2 N–H and O–H groups in total. The summed E-state index contributed by atoms with van der Waals surface area (Å²) in [7, 11) is 1.38. The maximum Gasteiger partial charge on any atom is 0.416 e. The second-order valence-electron chi connectivity index (χ2n) is 12.7. The second kappa shape index (κ2) is 14.6. The molecule has 2 aromatic carbocycles. The molecule has 0 spiro atoms. The second-order valence-corrected chi connectivity index (χ2v) is 12.7. The Labute approximate surface area is 287 Å². The largest absolute Gasteiger partial charge is 0.416 e. The first-order valence-electron chi connectivity index (χ1n) is 16.2. The molecule has 2 saturated heterocycles. The fraction of sp³-hybridized carbons (Fsp3) is 0.562. The van der Waals surface area contributed by atoms with Gasteiger partial charge in [-0.05, 0) is 71.5 Å². The van der Waals surface area contributed by atoms with Gasteiger partial charge < -0.3 is 15.4 Å². The van der Waals surface area contributed by atoms with Crippen molar-refractivity contribution in [2.24, 2.45) is 12.8 Å². The predicted molar refractivity (Wildman–Crippen MR) is 165 cm³/mol. The molecule has 0 saturated carbocycles. The van der Waals surface area contributed by atoms with Crippen LogP contribution in [-0.2, 0) is 48.2 Å². The highest BCUT2D eigenvalue weighted by atomic mass is 19.4. The van der Waals surface area contributed by atoms with Crippen LogP contribution in [0.25, 0.3) is 0 Å². The number of amides is 1. The van der Waals surface area contributed by atoms with E-state index in [2.05, 4.69) is 15.4 Å². The molecule has 2 aliphatic heterocycles. The van der Waals surface area contributed by atoms with Crippen LogP contribution in [0.1, 0.15) is 65.6 Å². The summed E-state index contributed by atoms with van der Waals surface area (Å²) in [6, 6.07) is 3.80. The lowest BCUT2D eigenvalue weighted by Crippen LogP contribution is -2.64. The summed E-state index contributed by atoms with van der Waals surface area (Å²) < 4.78 is 130. The van der Waals surface area contributed by atoms with Crippen LogP contribution in [0, 0.1) is 0 Å². The van der Waals surface area contributed by atoms with E-state index in [9.17, 15) is 44.3 Å². The monoisotopic (exact) mass is 736 g/mol. The van der Waals surface area contributed by atoms with Gasteiger partial charge in [0.25, 0.3) is 5.95 Å². The van der Waals surface area contributed by atoms with Crippen LogP contribution < -0.4 is 10.6 Å². The normalized spacial score (nSPS) is 18.5. The maximum absolute atomic E-state index is 14.1. The lowest BCUT2D eigenvalue weighted by molar-refractivity contribution is -0.143. The van der Waals surface area contributed by atoms with E-state index in [1.165, 1.54) is 18.0 Å². The standard InChI is InChI=1S/C32H37F9N8O2/c1-3-26(47-8-6-29(7-9-47,27(42)50)49-10-12-51-13-11-49)25-5-4-22(30(33,34)35)16-21(25)19-48(28-43-45-46(2)44-28)18-20-14-23(31(36,37)38)17-24(15-20)32(39,40)41/h4-5,14-17,26H,3,6-13,18-19H2,1-2H3,(H2,42,50). The van der Waals surface area contributed by atoms with Crippen LogP contribution in [-0.4, -0.2) is 80.8 Å². The zero-order valence-electron chi connectivity index (χ0n) is 27.7. The third-order valence-electron chi connectivity index (χ3n) is 9.52. The first-order chi connectivity index (χ1) is 23.8. The van der Waals surface area contributed by atoms with Crippen molar-refractivity contribution in [2.75, 3.05) is 44.3 Å². The van der Waals surface area contributed by atoms with Gasteiger partial charge in [0.1, 0.15) is 5.54 Å². The van der Waals surface area contributed by atoms with Crippen molar-refractivity contribution in [3.8, 4) is 0 Å². The Morgan fingerprint density at radius 3 is 1.96 bits per heavy atom.